The van der Waals surface area contributed by atoms with Crippen LogP contribution in [0.2, 0.25) is 0 Å². The van der Waals surface area contributed by atoms with Gasteiger partial charge in [0.15, 0.2) is 0 Å². The molecule has 0 aliphatic rings. The summed E-state index contributed by atoms with van der Waals surface area (Å²) >= 11 is 0. The first kappa shape index (κ1) is 15.2. The average Bonchev–Trinajstić information content (AvgIpc) is 2.46. The lowest BCUT2D eigenvalue weighted by Crippen LogP contribution is -2.10. The van der Waals surface area contributed by atoms with Crippen LogP contribution < -0.4 is 15.8 Å². The van der Waals surface area contributed by atoms with E-state index >= 15 is 0 Å². The lowest BCUT2D eigenvalue weighted by atomic mass is 10.1. The Bertz CT molecular complexity index is 582. The molecule has 0 amide bonds. The number of rotatable bonds is 5. The summed E-state index contributed by atoms with van der Waals surface area (Å²) in [5.41, 5.74) is 5.18. The van der Waals surface area contributed by atoms with E-state index in [1.165, 1.54) is 12.1 Å². The van der Waals surface area contributed by atoms with Crippen LogP contribution in [0.1, 0.15) is 5.56 Å². The summed E-state index contributed by atoms with van der Waals surface area (Å²) < 4.78 is 44.0. The van der Waals surface area contributed by atoms with Gasteiger partial charge >= 0.3 is 6.18 Å². The van der Waals surface area contributed by atoms with E-state index in [4.69, 9.17) is 10.5 Å². The second-order valence-electron chi connectivity index (χ2n) is 4.33. The Morgan fingerprint density at radius 1 is 1.00 bits per heavy atom. The molecular formula is C15H15F3N2O. The molecule has 0 heterocycles. The highest BCUT2D eigenvalue weighted by atomic mass is 19.4. The number of benzene rings is 2. The summed E-state index contributed by atoms with van der Waals surface area (Å²) in [4.78, 5) is 0. The highest BCUT2D eigenvalue weighted by Gasteiger charge is 2.33. The topological polar surface area (TPSA) is 47.3 Å². The summed E-state index contributed by atoms with van der Waals surface area (Å²) in [6, 6.07) is 12.0. The average molecular weight is 296 g/mol. The quantitative estimate of drug-likeness (QED) is 0.882. The molecule has 3 nitrogen and oxygen atoms in total. The molecule has 0 fully saturated rings. The monoisotopic (exact) mass is 296 g/mol. The van der Waals surface area contributed by atoms with Crippen molar-refractivity contribution in [2.24, 2.45) is 5.73 Å². The number of halogens is 3. The number of hydrogen-bond donors (Lipinski definition) is 2. The standard InChI is InChI=1S/C15H15F3N2O/c16-15(17,18)13-3-1-2-4-14(13)20-11-5-7-12(8-6-11)21-10-9-19/h1-8,20H,9-10,19H2. The molecule has 2 aromatic rings. The van der Waals surface area contributed by atoms with E-state index in [0.717, 1.165) is 6.07 Å². The molecule has 2 aromatic carbocycles. The van der Waals surface area contributed by atoms with Gasteiger partial charge in [-0.2, -0.15) is 13.2 Å². The molecule has 6 heteroatoms. The molecule has 0 aliphatic carbocycles. The van der Waals surface area contributed by atoms with Crippen LogP contribution in [0.25, 0.3) is 0 Å². The smallest absolute Gasteiger partial charge is 0.418 e. The Kier molecular flexibility index (Phi) is 4.70. The zero-order chi connectivity index (χ0) is 15.3. The summed E-state index contributed by atoms with van der Waals surface area (Å²) in [5.74, 6) is 0.620. The van der Waals surface area contributed by atoms with Gasteiger partial charge in [0.05, 0.1) is 11.3 Å². The Labute approximate surface area is 120 Å². The fourth-order valence-electron chi connectivity index (χ4n) is 1.81. The number of alkyl halides is 3. The van der Waals surface area contributed by atoms with Crippen LogP contribution in [0.3, 0.4) is 0 Å². The van der Waals surface area contributed by atoms with Crippen molar-refractivity contribution in [2.45, 2.75) is 6.18 Å². The minimum absolute atomic E-state index is 0.0145. The Hall–Kier alpha value is -2.21. The summed E-state index contributed by atoms with van der Waals surface area (Å²) in [6.07, 6.45) is -4.40. The highest BCUT2D eigenvalue weighted by Crippen LogP contribution is 2.35. The van der Waals surface area contributed by atoms with E-state index in [-0.39, 0.29) is 5.69 Å². The van der Waals surface area contributed by atoms with E-state index in [2.05, 4.69) is 5.32 Å². The van der Waals surface area contributed by atoms with Crippen molar-refractivity contribution in [2.75, 3.05) is 18.5 Å². The summed E-state index contributed by atoms with van der Waals surface area (Å²) in [5, 5.41) is 2.76. The third kappa shape index (κ3) is 4.13. The number of hydrogen-bond acceptors (Lipinski definition) is 3. The SMILES string of the molecule is NCCOc1ccc(Nc2ccccc2C(F)(F)F)cc1. The van der Waals surface area contributed by atoms with E-state index in [0.29, 0.717) is 24.6 Å². The molecule has 0 aromatic heterocycles. The maximum absolute atomic E-state index is 12.9. The minimum Gasteiger partial charge on any atom is -0.492 e. The lowest BCUT2D eigenvalue weighted by Gasteiger charge is -2.14. The minimum atomic E-state index is -4.40. The van der Waals surface area contributed by atoms with Crippen LogP contribution in [0.4, 0.5) is 24.5 Å². The third-order valence-electron chi connectivity index (χ3n) is 2.75. The van der Waals surface area contributed by atoms with Crippen molar-refractivity contribution >= 4 is 11.4 Å². The largest absolute Gasteiger partial charge is 0.492 e. The van der Waals surface area contributed by atoms with Gasteiger partial charge in [-0.15, -0.1) is 0 Å². The third-order valence-corrected chi connectivity index (χ3v) is 2.75. The van der Waals surface area contributed by atoms with E-state index in [1.54, 1.807) is 30.3 Å². The molecule has 0 unspecified atom stereocenters. The van der Waals surface area contributed by atoms with E-state index in [1.807, 2.05) is 0 Å². The van der Waals surface area contributed by atoms with Crippen molar-refractivity contribution in [3.05, 3.63) is 54.1 Å². The van der Waals surface area contributed by atoms with Gasteiger partial charge in [-0.05, 0) is 36.4 Å². The maximum Gasteiger partial charge on any atom is 0.418 e. The second-order valence-corrected chi connectivity index (χ2v) is 4.33. The summed E-state index contributed by atoms with van der Waals surface area (Å²) in [6.45, 7) is 0.794. The van der Waals surface area contributed by atoms with Crippen LogP contribution in [-0.4, -0.2) is 13.2 Å². The van der Waals surface area contributed by atoms with Gasteiger partial charge in [0.2, 0.25) is 0 Å². The fraction of sp³-hybridized carbons (Fsp3) is 0.200. The number of nitrogens with two attached hydrogens (primary N) is 1. The van der Waals surface area contributed by atoms with Gasteiger partial charge < -0.3 is 15.8 Å². The van der Waals surface area contributed by atoms with E-state index in [9.17, 15) is 13.2 Å². The molecule has 21 heavy (non-hydrogen) atoms. The van der Waals surface area contributed by atoms with Gasteiger partial charge in [-0.3, -0.25) is 0 Å². The first-order chi connectivity index (χ1) is 10.0. The Morgan fingerprint density at radius 2 is 1.67 bits per heavy atom. The van der Waals surface area contributed by atoms with Crippen LogP contribution in [0, 0.1) is 0 Å². The first-order valence-corrected chi connectivity index (χ1v) is 6.37. The lowest BCUT2D eigenvalue weighted by molar-refractivity contribution is -0.136. The number of anilines is 2. The van der Waals surface area contributed by atoms with Crippen molar-refractivity contribution in [1.29, 1.82) is 0 Å². The van der Waals surface area contributed by atoms with Crippen molar-refractivity contribution in [3.63, 3.8) is 0 Å². The second kappa shape index (κ2) is 6.49. The zero-order valence-corrected chi connectivity index (χ0v) is 11.2. The van der Waals surface area contributed by atoms with Gasteiger partial charge in [0, 0.05) is 12.2 Å². The van der Waals surface area contributed by atoms with Crippen molar-refractivity contribution in [1.82, 2.24) is 0 Å². The molecule has 0 bridgehead atoms. The van der Waals surface area contributed by atoms with Crippen LogP contribution in [0.5, 0.6) is 5.75 Å². The van der Waals surface area contributed by atoms with Crippen molar-refractivity contribution < 1.29 is 17.9 Å². The van der Waals surface area contributed by atoms with Gasteiger partial charge in [-0.1, -0.05) is 12.1 Å². The molecule has 0 radical (unpaired) electrons. The Morgan fingerprint density at radius 3 is 2.29 bits per heavy atom. The van der Waals surface area contributed by atoms with Crippen LogP contribution >= 0.6 is 0 Å². The maximum atomic E-state index is 12.9. The van der Waals surface area contributed by atoms with Gasteiger partial charge in [0.25, 0.3) is 0 Å². The van der Waals surface area contributed by atoms with Crippen LogP contribution in [0.15, 0.2) is 48.5 Å². The molecule has 0 spiro atoms. The molecule has 0 atom stereocenters. The first-order valence-electron chi connectivity index (χ1n) is 6.37. The van der Waals surface area contributed by atoms with Crippen LogP contribution in [-0.2, 0) is 6.18 Å². The molecular weight excluding hydrogens is 281 g/mol. The number of para-hydroxylation sites is 1. The van der Waals surface area contributed by atoms with Gasteiger partial charge in [0.1, 0.15) is 12.4 Å². The molecule has 3 N–H and O–H groups in total. The molecule has 2 rings (SSSR count). The molecule has 0 saturated carbocycles. The highest BCUT2D eigenvalue weighted by molar-refractivity contribution is 5.64. The molecule has 0 saturated heterocycles. The normalized spacial score (nSPS) is 11.2. The van der Waals surface area contributed by atoms with Gasteiger partial charge in [-0.25, -0.2) is 0 Å². The molecule has 0 aliphatic heterocycles. The Balaban J connectivity index is 2.15. The summed E-state index contributed by atoms with van der Waals surface area (Å²) in [7, 11) is 0. The number of nitrogens with one attached hydrogen (secondary N) is 1. The number of ether oxygens (including phenoxy) is 1. The predicted octanol–water partition coefficient (Wildman–Crippen LogP) is 3.79. The zero-order valence-electron chi connectivity index (χ0n) is 11.2. The fourth-order valence-corrected chi connectivity index (χ4v) is 1.81. The predicted molar refractivity (Wildman–Crippen MR) is 75.7 cm³/mol. The molecule has 112 valence electrons. The van der Waals surface area contributed by atoms with Crippen molar-refractivity contribution in [3.8, 4) is 5.75 Å². The van der Waals surface area contributed by atoms with E-state index < -0.39 is 11.7 Å².